The second-order valence-electron chi connectivity index (χ2n) is 5.86. The Hall–Kier alpha value is -3.39. The van der Waals surface area contributed by atoms with Gasteiger partial charge < -0.3 is 14.5 Å². The Morgan fingerprint density at radius 1 is 1.33 bits per heavy atom. The molecule has 3 aromatic heterocycles. The molecule has 27 heavy (non-hydrogen) atoms. The fraction of sp³-hybridized carbons (Fsp3) is 0.105. The van der Waals surface area contributed by atoms with Crippen molar-refractivity contribution < 1.29 is 13.9 Å². The van der Waals surface area contributed by atoms with Crippen molar-refractivity contribution in [3.8, 4) is 5.75 Å². The van der Waals surface area contributed by atoms with Crippen molar-refractivity contribution in [2.45, 2.75) is 13.5 Å². The zero-order valence-electron chi connectivity index (χ0n) is 14.3. The number of furan rings is 1. The van der Waals surface area contributed by atoms with Crippen LogP contribution < -0.4 is 15.6 Å². The van der Waals surface area contributed by atoms with E-state index in [-0.39, 0.29) is 23.8 Å². The minimum absolute atomic E-state index is 0.107. The first-order valence-electron chi connectivity index (χ1n) is 8.14. The molecule has 4 aromatic rings. The molecular formula is C19H15N3O4S. The van der Waals surface area contributed by atoms with Crippen LogP contribution in [0.1, 0.15) is 21.8 Å². The van der Waals surface area contributed by atoms with Gasteiger partial charge in [-0.15, -0.1) is 11.3 Å². The molecule has 0 saturated carbocycles. The van der Waals surface area contributed by atoms with Crippen molar-refractivity contribution in [1.82, 2.24) is 9.38 Å². The average molecular weight is 381 g/mol. The van der Waals surface area contributed by atoms with Crippen molar-refractivity contribution in [1.29, 1.82) is 0 Å². The molecule has 0 aliphatic rings. The Bertz CT molecular complexity index is 1160. The highest BCUT2D eigenvalue weighted by molar-refractivity contribution is 7.15. The molecule has 1 N–H and O–H groups in total. The summed E-state index contributed by atoms with van der Waals surface area (Å²) in [6, 6.07) is 10.1. The molecule has 4 rings (SSSR count). The molecule has 0 aliphatic heterocycles. The Balaban J connectivity index is 1.56. The number of benzene rings is 1. The maximum Gasteiger partial charge on any atom is 0.291 e. The SMILES string of the molecule is Cc1ccc(OCc2cc(=O)n3ccsc3n2)c(NC(=O)c2ccco2)c1. The lowest BCUT2D eigenvalue weighted by Gasteiger charge is -2.12. The van der Waals surface area contributed by atoms with E-state index < -0.39 is 0 Å². The van der Waals surface area contributed by atoms with Gasteiger partial charge in [0.05, 0.1) is 17.6 Å². The minimum Gasteiger partial charge on any atom is -0.485 e. The Morgan fingerprint density at radius 2 is 2.22 bits per heavy atom. The molecule has 0 fully saturated rings. The fourth-order valence-corrected chi connectivity index (χ4v) is 3.31. The molecule has 0 radical (unpaired) electrons. The van der Waals surface area contributed by atoms with Crippen LogP contribution in [0.25, 0.3) is 4.96 Å². The number of fused-ring (bicyclic) bond motifs is 1. The number of amides is 1. The monoisotopic (exact) mass is 381 g/mol. The fourth-order valence-electron chi connectivity index (χ4n) is 2.57. The topological polar surface area (TPSA) is 85.8 Å². The van der Waals surface area contributed by atoms with Crippen LogP contribution in [0.15, 0.2) is 63.4 Å². The Morgan fingerprint density at radius 3 is 3.04 bits per heavy atom. The molecule has 0 unspecified atom stereocenters. The van der Waals surface area contributed by atoms with Crippen molar-refractivity contribution in [3.63, 3.8) is 0 Å². The summed E-state index contributed by atoms with van der Waals surface area (Å²) in [5, 5.41) is 4.59. The third-order valence-electron chi connectivity index (χ3n) is 3.86. The molecule has 1 aromatic carbocycles. The molecule has 0 bridgehead atoms. The first-order chi connectivity index (χ1) is 13.1. The van der Waals surface area contributed by atoms with E-state index >= 15 is 0 Å². The van der Waals surface area contributed by atoms with Gasteiger partial charge in [0.25, 0.3) is 11.5 Å². The van der Waals surface area contributed by atoms with Gasteiger partial charge in [-0.05, 0) is 36.8 Å². The molecule has 0 atom stereocenters. The number of aromatic nitrogens is 2. The van der Waals surface area contributed by atoms with Gasteiger partial charge in [0.2, 0.25) is 0 Å². The summed E-state index contributed by atoms with van der Waals surface area (Å²) in [5.41, 5.74) is 1.85. The maximum atomic E-state index is 12.3. The van der Waals surface area contributed by atoms with Gasteiger partial charge in [0.15, 0.2) is 10.7 Å². The number of thiazole rings is 1. The van der Waals surface area contributed by atoms with E-state index in [0.29, 0.717) is 22.1 Å². The number of rotatable bonds is 5. The largest absolute Gasteiger partial charge is 0.485 e. The molecule has 8 heteroatoms. The zero-order valence-corrected chi connectivity index (χ0v) is 15.2. The van der Waals surface area contributed by atoms with Crippen molar-refractivity contribution >= 4 is 27.9 Å². The normalized spacial score (nSPS) is 10.9. The van der Waals surface area contributed by atoms with Crippen molar-refractivity contribution in [2.75, 3.05) is 5.32 Å². The first kappa shape index (κ1) is 17.0. The van der Waals surface area contributed by atoms with Gasteiger partial charge in [0, 0.05) is 17.6 Å². The number of nitrogens with zero attached hydrogens (tertiary/aromatic N) is 2. The summed E-state index contributed by atoms with van der Waals surface area (Å²) >= 11 is 1.38. The second kappa shape index (κ2) is 7.08. The van der Waals surface area contributed by atoms with E-state index in [9.17, 15) is 9.59 Å². The number of hydrogen-bond acceptors (Lipinski definition) is 6. The van der Waals surface area contributed by atoms with Gasteiger partial charge in [-0.1, -0.05) is 6.07 Å². The number of ether oxygens (including phenoxy) is 1. The van der Waals surface area contributed by atoms with Crippen LogP contribution in [0.4, 0.5) is 5.69 Å². The molecular weight excluding hydrogens is 366 g/mol. The third-order valence-corrected chi connectivity index (χ3v) is 4.62. The minimum atomic E-state index is -0.369. The lowest BCUT2D eigenvalue weighted by Crippen LogP contribution is -2.15. The number of nitrogens with one attached hydrogen (secondary N) is 1. The van der Waals surface area contributed by atoms with Gasteiger partial charge in [0.1, 0.15) is 12.4 Å². The number of anilines is 1. The number of aryl methyl sites for hydroxylation is 1. The van der Waals surface area contributed by atoms with E-state index in [0.717, 1.165) is 5.56 Å². The van der Waals surface area contributed by atoms with Crippen molar-refractivity contribution in [3.05, 3.63) is 81.6 Å². The van der Waals surface area contributed by atoms with Gasteiger partial charge in [-0.3, -0.25) is 14.0 Å². The van der Waals surface area contributed by atoms with Crippen LogP contribution >= 0.6 is 11.3 Å². The van der Waals surface area contributed by atoms with Crippen LogP contribution in [0, 0.1) is 6.92 Å². The van der Waals surface area contributed by atoms with Crippen LogP contribution in [0.2, 0.25) is 0 Å². The summed E-state index contributed by atoms with van der Waals surface area (Å²) in [7, 11) is 0. The van der Waals surface area contributed by atoms with E-state index in [4.69, 9.17) is 9.15 Å². The third kappa shape index (κ3) is 3.61. The summed E-state index contributed by atoms with van der Waals surface area (Å²) in [6.07, 6.45) is 3.12. The van der Waals surface area contributed by atoms with E-state index in [1.807, 2.05) is 13.0 Å². The maximum absolute atomic E-state index is 12.3. The first-order valence-corrected chi connectivity index (χ1v) is 9.02. The predicted octanol–water partition coefficient (Wildman–Crippen LogP) is 3.49. The smallest absolute Gasteiger partial charge is 0.291 e. The molecule has 0 aliphatic carbocycles. The van der Waals surface area contributed by atoms with Gasteiger partial charge in [-0.2, -0.15) is 0 Å². The number of carbonyl (C=O) groups is 1. The van der Waals surface area contributed by atoms with Gasteiger partial charge >= 0.3 is 0 Å². The standard InChI is InChI=1S/C19H15N3O4S/c1-12-4-5-15(14(9-12)21-18(24)16-3-2-7-25-16)26-11-13-10-17(23)22-6-8-27-19(22)20-13/h2-10H,11H2,1H3,(H,21,24). The second-order valence-corrected chi connectivity index (χ2v) is 6.73. The van der Waals surface area contributed by atoms with Crippen LogP contribution in [-0.2, 0) is 6.61 Å². The quantitative estimate of drug-likeness (QED) is 0.572. The highest BCUT2D eigenvalue weighted by atomic mass is 32.1. The highest BCUT2D eigenvalue weighted by Gasteiger charge is 2.13. The number of hydrogen-bond donors (Lipinski definition) is 1. The molecule has 1 amide bonds. The summed E-state index contributed by atoms with van der Waals surface area (Å²) in [5.74, 6) is 0.320. The van der Waals surface area contributed by atoms with E-state index in [1.54, 1.807) is 35.8 Å². The molecule has 3 heterocycles. The Kier molecular flexibility index (Phi) is 4.47. The van der Waals surface area contributed by atoms with E-state index in [1.165, 1.54) is 28.1 Å². The summed E-state index contributed by atoms with van der Waals surface area (Å²) in [6.45, 7) is 2.02. The average Bonchev–Trinajstić information content (AvgIpc) is 3.33. The number of carbonyl (C=O) groups excluding carboxylic acids is 1. The zero-order chi connectivity index (χ0) is 18.8. The van der Waals surface area contributed by atoms with Crippen LogP contribution in [0.3, 0.4) is 0 Å². The van der Waals surface area contributed by atoms with Crippen LogP contribution in [0.5, 0.6) is 5.75 Å². The summed E-state index contributed by atoms with van der Waals surface area (Å²) in [4.78, 5) is 29.3. The van der Waals surface area contributed by atoms with Crippen molar-refractivity contribution in [2.24, 2.45) is 0 Å². The molecule has 136 valence electrons. The molecule has 0 saturated heterocycles. The van der Waals surface area contributed by atoms with Crippen LogP contribution in [-0.4, -0.2) is 15.3 Å². The lowest BCUT2D eigenvalue weighted by molar-refractivity contribution is 0.0996. The van der Waals surface area contributed by atoms with E-state index in [2.05, 4.69) is 10.3 Å². The molecule has 0 spiro atoms. The predicted molar refractivity (Wildman–Crippen MR) is 102 cm³/mol. The van der Waals surface area contributed by atoms with Gasteiger partial charge in [-0.25, -0.2) is 4.98 Å². The summed E-state index contributed by atoms with van der Waals surface area (Å²) < 4.78 is 12.4. The Labute approximate surface area is 157 Å². The highest BCUT2D eigenvalue weighted by Crippen LogP contribution is 2.27. The lowest BCUT2D eigenvalue weighted by atomic mass is 10.2. The molecule has 7 nitrogen and oxygen atoms in total.